The van der Waals surface area contributed by atoms with E-state index in [9.17, 15) is 8.78 Å². The quantitative estimate of drug-likeness (QED) is 0.766. The molecule has 1 heterocycles. The molecule has 2 nitrogen and oxygen atoms in total. The lowest BCUT2D eigenvalue weighted by molar-refractivity contribution is 0.590. The van der Waals surface area contributed by atoms with Crippen molar-refractivity contribution in [3.8, 4) is 0 Å². The fourth-order valence-corrected chi connectivity index (χ4v) is 1.94. The van der Waals surface area contributed by atoms with Crippen LogP contribution in [-0.2, 0) is 0 Å². The second kappa shape index (κ2) is 2.78. The molecule has 1 aliphatic carbocycles. The van der Waals surface area contributed by atoms with Gasteiger partial charge in [0.05, 0.1) is 5.52 Å². The van der Waals surface area contributed by atoms with Crippen LogP contribution < -0.4 is 0 Å². The number of fused-ring (bicyclic) bond motifs is 1. The van der Waals surface area contributed by atoms with E-state index in [1.807, 2.05) is 0 Å². The number of H-pyrrole nitrogens is 1. The summed E-state index contributed by atoms with van der Waals surface area (Å²) in [7, 11) is 0. The standard InChI is InChI=1S/C11H10F2N2/c1-5-2-7(5)11-14-9-4-6(12)3-8(13)10(9)15-11/h3-5,7H,2H2,1H3,(H,14,15). The van der Waals surface area contributed by atoms with Gasteiger partial charge in [0, 0.05) is 12.0 Å². The Morgan fingerprint density at radius 3 is 2.80 bits per heavy atom. The van der Waals surface area contributed by atoms with Gasteiger partial charge in [0.25, 0.3) is 0 Å². The topological polar surface area (TPSA) is 28.7 Å². The highest BCUT2D eigenvalue weighted by atomic mass is 19.1. The van der Waals surface area contributed by atoms with E-state index >= 15 is 0 Å². The average molecular weight is 208 g/mol. The summed E-state index contributed by atoms with van der Waals surface area (Å²) in [5, 5.41) is 0. The van der Waals surface area contributed by atoms with Gasteiger partial charge in [-0.3, -0.25) is 0 Å². The Hall–Kier alpha value is -1.45. The third-order valence-corrected chi connectivity index (χ3v) is 2.98. The maximum atomic E-state index is 13.3. The minimum absolute atomic E-state index is 0.241. The van der Waals surface area contributed by atoms with E-state index in [0.717, 1.165) is 18.3 Å². The van der Waals surface area contributed by atoms with Crippen molar-refractivity contribution < 1.29 is 8.78 Å². The molecule has 0 radical (unpaired) electrons. The van der Waals surface area contributed by atoms with Crippen LogP contribution >= 0.6 is 0 Å². The first kappa shape index (κ1) is 8.83. The molecule has 2 aromatic rings. The molecule has 1 aromatic heterocycles. The van der Waals surface area contributed by atoms with Gasteiger partial charge >= 0.3 is 0 Å². The number of imidazole rings is 1. The van der Waals surface area contributed by atoms with Gasteiger partial charge in [0.2, 0.25) is 0 Å². The third kappa shape index (κ3) is 1.32. The van der Waals surface area contributed by atoms with Crippen LogP contribution in [0, 0.1) is 17.6 Å². The number of hydrogen-bond donors (Lipinski definition) is 1. The number of rotatable bonds is 1. The van der Waals surface area contributed by atoms with E-state index in [0.29, 0.717) is 17.4 Å². The highest BCUT2D eigenvalue weighted by Gasteiger charge is 2.36. The van der Waals surface area contributed by atoms with Crippen molar-refractivity contribution in [1.82, 2.24) is 9.97 Å². The summed E-state index contributed by atoms with van der Waals surface area (Å²) in [4.78, 5) is 7.15. The minimum Gasteiger partial charge on any atom is -0.342 e. The summed E-state index contributed by atoms with van der Waals surface area (Å²) < 4.78 is 26.2. The monoisotopic (exact) mass is 208 g/mol. The van der Waals surface area contributed by atoms with Crippen LogP contribution in [0.4, 0.5) is 8.78 Å². The Balaban J connectivity index is 2.17. The van der Waals surface area contributed by atoms with Gasteiger partial charge in [0.15, 0.2) is 5.82 Å². The molecule has 0 saturated heterocycles. The van der Waals surface area contributed by atoms with Crippen LogP contribution in [0.3, 0.4) is 0 Å². The number of aromatic amines is 1. The molecule has 4 heteroatoms. The van der Waals surface area contributed by atoms with Crippen molar-refractivity contribution in [2.45, 2.75) is 19.3 Å². The molecule has 2 unspecified atom stereocenters. The van der Waals surface area contributed by atoms with Gasteiger partial charge in [-0.15, -0.1) is 0 Å². The van der Waals surface area contributed by atoms with E-state index in [2.05, 4.69) is 16.9 Å². The van der Waals surface area contributed by atoms with E-state index in [-0.39, 0.29) is 5.52 Å². The average Bonchev–Trinajstić information content (AvgIpc) is 2.74. The molecule has 0 aliphatic heterocycles. The first-order valence-electron chi connectivity index (χ1n) is 5.00. The second-order valence-corrected chi connectivity index (χ2v) is 4.23. The van der Waals surface area contributed by atoms with Crippen molar-refractivity contribution in [3.05, 3.63) is 29.6 Å². The fraction of sp³-hybridized carbons (Fsp3) is 0.364. The first-order valence-corrected chi connectivity index (χ1v) is 5.00. The summed E-state index contributed by atoms with van der Waals surface area (Å²) >= 11 is 0. The molecule has 1 N–H and O–H groups in total. The molecule has 0 amide bonds. The summed E-state index contributed by atoms with van der Waals surface area (Å²) in [6.07, 6.45) is 1.07. The molecule has 1 aliphatic rings. The SMILES string of the molecule is CC1CC1c1nc2c(F)cc(F)cc2[nH]1. The van der Waals surface area contributed by atoms with E-state index in [1.165, 1.54) is 6.07 Å². The van der Waals surface area contributed by atoms with Crippen LogP contribution in [0.1, 0.15) is 25.1 Å². The van der Waals surface area contributed by atoms with Crippen LogP contribution in [0.5, 0.6) is 0 Å². The summed E-state index contributed by atoms with van der Waals surface area (Å²) in [6.45, 7) is 2.12. The van der Waals surface area contributed by atoms with Crippen LogP contribution in [-0.4, -0.2) is 9.97 Å². The van der Waals surface area contributed by atoms with Gasteiger partial charge in [-0.2, -0.15) is 0 Å². The Labute approximate surface area is 85.3 Å². The van der Waals surface area contributed by atoms with Gasteiger partial charge in [-0.1, -0.05) is 6.92 Å². The number of nitrogens with one attached hydrogen (secondary N) is 1. The van der Waals surface area contributed by atoms with Crippen molar-refractivity contribution in [2.24, 2.45) is 5.92 Å². The maximum Gasteiger partial charge on any atom is 0.153 e. The normalized spacial score (nSPS) is 24.7. The molecule has 0 bridgehead atoms. The number of aromatic nitrogens is 2. The molecular formula is C11H10F2N2. The van der Waals surface area contributed by atoms with Gasteiger partial charge in [0.1, 0.15) is 17.2 Å². The van der Waals surface area contributed by atoms with Gasteiger partial charge in [-0.25, -0.2) is 13.8 Å². The van der Waals surface area contributed by atoms with Crippen molar-refractivity contribution >= 4 is 11.0 Å². The molecule has 78 valence electrons. The lowest BCUT2D eigenvalue weighted by atomic mass is 10.3. The summed E-state index contributed by atoms with van der Waals surface area (Å²) in [5.74, 6) is 0.597. The molecule has 3 rings (SSSR count). The highest BCUT2D eigenvalue weighted by Crippen LogP contribution is 2.46. The van der Waals surface area contributed by atoms with E-state index < -0.39 is 11.6 Å². The van der Waals surface area contributed by atoms with Crippen LogP contribution in [0.2, 0.25) is 0 Å². The highest BCUT2D eigenvalue weighted by molar-refractivity contribution is 5.76. The van der Waals surface area contributed by atoms with E-state index in [1.54, 1.807) is 0 Å². The Bertz CT molecular complexity index is 533. The molecule has 15 heavy (non-hydrogen) atoms. The van der Waals surface area contributed by atoms with Crippen molar-refractivity contribution in [1.29, 1.82) is 0 Å². The number of nitrogens with zero attached hydrogens (tertiary/aromatic N) is 1. The Morgan fingerprint density at radius 2 is 2.13 bits per heavy atom. The molecule has 2 atom stereocenters. The zero-order chi connectivity index (χ0) is 10.6. The summed E-state index contributed by atoms with van der Waals surface area (Å²) in [6, 6.07) is 2.14. The van der Waals surface area contributed by atoms with Crippen molar-refractivity contribution in [3.63, 3.8) is 0 Å². The zero-order valence-corrected chi connectivity index (χ0v) is 8.22. The Kier molecular flexibility index (Phi) is 1.63. The predicted octanol–water partition coefficient (Wildman–Crippen LogP) is 2.96. The third-order valence-electron chi connectivity index (χ3n) is 2.98. The first-order chi connectivity index (χ1) is 7.15. The van der Waals surface area contributed by atoms with E-state index in [4.69, 9.17) is 0 Å². The number of benzene rings is 1. The molecule has 1 saturated carbocycles. The lowest BCUT2D eigenvalue weighted by Crippen LogP contribution is -1.83. The minimum atomic E-state index is -0.596. The number of halogens is 2. The van der Waals surface area contributed by atoms with Crippen LogP contribution in [0.15, 0.2) is 12.1 Å². The zero-order valence-electron chi connectivity index (χ0n) is 8.22. The smallest absolute Gasteiger partial charge is 0.153 e. The number of hydrogen-bond acceptors (Lipinski definition) is 1. The van der Waals surface area contributed by atoms with Crippen molar-refractivity contribution in [2.75, 3.05) is 0 Å². The van der Waals surface area contributed by atoms with Gasteiger partial charge < -0.3 is 4.98 Å². The molecule has 1 fully saturated rings. The molecule has 1 aromatic carbocycles. The van der Waals surface area contributed by atoms with Crippen LogP contribution in [0.25, 0.3) is 11.0 Å². The van der Waals surface area contributed by atoms with Gasteiger partial charge in [-0.05, 0) is 18.4 Å². The largest absolute Gasteiger partial charge is 0.342 e. The Morgan fingerprint density at radius 1 is 1.40 bits per heavy atom. The lowest BCUT2D eigenvalue weighted by Gasteiger charge is -1.90. The fourth-order valence-electron chi connectivity index (χ4n) is 1.94. The summed E-state index contributed by atoms with van der Waals surface area (Å²) in [5.41, 5.74) is 0.687. The molecular weight excluding hydrogens is 198 g/mol. The molecule has 0 spiro atoms. The predicted molar refractivity (Wildman–Crippen MR) is 52.5 cm³/mol. The maximum absolute atomic E-state index is 13.3. The second-order valence-electron chi connectivity index (χ2n) is 4.23.